The highest BCUT2D eigenvalue weighted by molar-refractivity contribution is 7.90. The zero-order chi connectivity index (χ0) is 13.9. The summed E-state index contributed by atoms with van der Waals surface area (Å²) >= 11 is 0. The average Bonchev–Trinajstić information content (AvgIpc) is 2.39. The van der Waals surface area contributed by atoms with Crippen molar-refractivity contribution >= 4 is 21.6 Å². The fraction of sp³-hybridized carbons (Fsp3) is 0.0769. The first-order valence-corrected chi connectivity index (χ1v) is 7.38. The monoisotopic (exact) mass is 276 g/mol. The molecule has 0 saturated heterocycles. The first-order chi connectivity index (χ1) is 8.97. The standard InChI is InChI=1S/C13H12N2O3S/c1-19(17,18)11-7-5-10(6-8-11)13(16)15-12-4-2-3-9-14-12/h2-9H,1H3,(H,14,15,16). The Labute approximate surface area is 111 Å². The molecule has 1 amide bonds. The molecule has 98 valence electrons. The van der Waals surface area contributed by atoms with Crippen LogP contribution < -0.4 is 5.32 Å². The maximum Gasteiger partial charge on any atom is 0.256 e. The quantitative estimate of drug-likeness (QED) is 0.926. The van der Waals surface area contributed by atoms with Gasteiger partial charge in [0, 0.05) is 18.0 Å². The van der Waals surface area contributed by atoms with Crippen molar-refractivity contribution in [2.24, 2.45) is 0 Å². The summed E-state index contributed by atoms with van der Waals surface area (Å²) in [6.45, 7) is 0. The van der Waals surface area contributed by atoms with Crippen LogP contribution in [-0.2, 0) is 9.84 Å². The van der Waals surface area contributed by atoms with Gasteiger partial charge in [0.25, 0.3) is 5.91 Å². The van der Waals surface area contributed by atoms with E-state index in [-0.39, 0.29) is 10.8 Å². The Hall–Kier alpha value is -2.21. The first-order valence-electron chi connectivity index (χ1n) is 5.49. The van der Waals surface area contributed by atoms with Gasteiger partial charge in [0.15, 0.2) is 9.84 Å². The molecule has 0 atom stereocenters. The Morgan fingerprint density at radius 1 is 1.11 bits per heavy atom. The number of sulfone groups is 1. The van der Waals surface area contributed by atoms with Crippen molar-refractivity contribution in [3.8, 4) is 0 Å². The minimum absolute atomic E-state index is 0.182. The van der Waals surface area contributed by atoms with Gasteiger partial charge in [-0.3, -0.25) is 4.79 Å². The molecular formula is C13H12N2O3S. The van der Waals surface area contributed by atoms with Crippen molar-refractivity contribution in [2.75, 3.05) is 11.6 Å². The number of aromatic nitrogens is 1. The van der Waals surface area contributed by atoms with Gasteiger partial charge in [-0.25, -0.2) is 13.4 Å². The topological polar surface area (TPSA) is 76.1 Å². The van der Waals surface area contributed by atoms with Gasteiger partial charge in [-0.05, 0) is 36.4 Å². The van der Waals surface area contributed by atoms with Crippen molar-refractivity contribution in [3.05, 3.63) is 54.2 Å². The molecule has 0 aliphatic carbocycles. The fourth-order valence-electron chi connectivity index (χ4n) is 1.48. The SMILES string of the molecule is CS(=O)(=O)c1ccc(C(=O)Nc2ccccn2)cc1. The molecule has 1 aromatic carbocycles. The molecule has 6 heteroatoms. The number of hydrogen-bond acceptors (Lipinski definition) is 4. The van der Waals surface area contributed by atoms with Gasteiger partial charge in [0.05, 0.1) is 4.90 Å². The summed E-state index contributed by atoms with van der Waals surface area (Å²) in [4.78, 5) is 16.0. The van der Waals surface area contributed by atoms with E-state index in [1.54, 1.807) is 24.4 Å². The minimum Gasteiger partial charge on any atom is -0.307 e. The van der Waals surface area contributed by atoms with Crippen LogP contribution in [0.4, 0.5) is 5.82 Å². The van der Waals surface area contributed by atoms with E-state index in [0.717, 1.165) is 6.26 Å². The molecule has 19 heavy (non-hydrogen) atoms. The summed E-state index contributed by atoms with van der Waals surface area (Å²) in [7, 11) is -3.25. The van der Waals surface area contributed by atoms with Gasteiger partial charge < -0.3 is 5.32 Å². The smallest absolute Gasteiger partial charge is 0.256 e. The normalized spacial score (nSPS) is 11.0. The number of pyridine rings is 1. The average molecular weight is 276 g/mol. The van der Waals surface area contributed by atoms with Crippen LogP contribution in [0, 0.1) is 0 Å². The Morgan fingerprint density at radius 3 is 2.32 bits per heavy atom. The van der Waals surface area contributed by atoms with Gasteiger partial charge in [0.1, 0.15) is 5.82 Å². The Balaban J connectivity index is 2.17. The third kappa shape index (κ3) is 3.38. The summed E-state index contributed by atoms with van der Waals surface area (Å²) in [6, 6.07) is 10.9. The molecule has 2 aromatic rings. The highest BCUT2D eigenvalue weighted by Crippen LogP contribution is 2.11. The van der Waals surface area contributed by atoms with Crippen LogP contribution in [0.15, 0.2) is 53.6 Å². The summed E-state index contributed by atoms with van der Waals surface area (Å²) in [5.41, 5.74) is 0.373. The molecule has 5 nitrogen and oxygen atoms in total. The molecule has 0 saturated carbocycles. The lowest BCUT2D eigenvalue weighted by molar-refractivity contribution is 0.102. The number of amides is 1. The van der Waals surface area contributed by atoms with Crippen LogP contribution in [-0.4, -0.2) is 25.6 Å². The molecule has 0 fully saturated rings. The lowest BCUT2D eigenvalue weighted by Gasteiger charge is -2.04. The summed E-state index contributed by atoms with van der Waals surface area (Å²) in [5.74, 6) is 0.110. The van der Waals surface area contributed by atoms with Gasteiger partial charge in [-0.2, -0.15) is 0 Å². The van der Waals surface area contributed by atoms with E-state index in [1.807, 2.05) is 0 Å². The van der Waals surface area contributed by atoms with Crippen LogP contribution >= 0.6 is 0 Å². The van der Waals surface area contributed by atoms with Crippen LogP contribution in [0.1, 0.15) is 10.4 Å². The van der Waals surface area contributed by atoms with E-state index in [1.165, 1.54) is 24.3 Å². The molecule has 1 heterocycles. The Bertz CT molecular complexity index is 680. The molecule has 2 rings (SSSR count). The number of anilines is 1. The largest absolute Gasteiger partial charge is 0.307 e. The number of rotatable bonds is 3. The van der Waals surface area contributed by atoms with Crippen molar-refractivity contribution in [3.63, 3.8) is 0 Å². The minimum atomic E-state index is -3.25. The highest BCUT2D eigenvalue weighted by Gasteiger charge is 2.10. The number of nitrogens with one attached hydrogen (secondary N) is 1. The Morgan fingerprint density at radius 2 is 1.79 bits per heavy atom. The number of carbonyl (C=O) groups excluding carboxylic acids is 1. The number of hydrogen-bond donors (Lipinski definition) is 1. The van der Waals surface area contributed by atoms with Crippen molar-refractivity contribution in [1.82, 2.24) is 4.98 Å². The number of benzene rings is 1. The molecule has 0 radical (unpaired) electrons. The summed E-state index contributed by atoms with van der Waals surface area (Å²) < 4.78 is 22.6. The second kappa shape index (κ2) is 5.19. The molecule has 1 N–H and O–H groups in total. The van der Waals surface area contributed by atoms with Crippen LogP contribution in [0.2, 0.25) is 0 Å². The van der Waals surface area contributed by atoms with Gasteiger partial charge in [0.2, 0.25) is 0 Å². The van der Waals surface area contributed by atoms with Crippen molar-refractivity contribution < 1.29 is 13.2 Å². The lowest BCUT2D eigenvalue weighted by atomic mass is 10.2. The second-order valence-electron chi connectivity index (χ2n) is 3.97. The molecule has 1 aromatic heterocycles. The highest BCUT2D eigenvalue weighted by atomic mass is 32.2. The first kappa shape index (κ1) is 13.2. The van der Waals surface area contributed by atoms with E-state index in [9.17, 15) is 13.2 Å². The predicted octanol–water partition coefficient (Wildman–Crippen LogP) is 1.74. The number of carbonyl (C=O) groups is 1. The lowest BCUT2D eigenvalue weighted by Crippen LogP contribution is -2.12. The van der Waals surface area contributed by atoms with Gasteiger partial charge in [-0.15, -0.1) is 0 Å². The third-order valence-corrected chi connectivity index (χ3v) is 3.58. The molecule has 0 bridgehead atoms. The van der Waals surface area contributed by atoms with E-state index < -0.39 is 9.84 Å². The van der Waals surface area contributed by atoms with E-state index in [2.05, 4.69) is 10.3 Å². The van der Waals surface area contributed by atoms with Crippen molar-refractivity contribution in [2.45, 2.75) is 4.90 Å². The molecular weight excluding hydrogens is 264 g/mol. The van der Waals surface area contributed by atoms with Crippen LogP contribution in [0.3, 0.4) is 0 Å². The van der Waals surface area contributed by atoms with E-state index in [4.69, 9.17) is 0 Å². The maximum atomic E-state index is 11.9. The molecule has 0 aliphatic heterocycles. The third-order valence-electron chi connectivity index (χ3n) is 2.45. The van der Waals surface area contributed by atoms with E-state index in [0.29, 0.717) is 11.4 Å². The molecule has 0 spiro atoms. The summed E-state index contributed by atoms with van der Waals surface area (Å²) in [6.07, 6.45) is 2.69. The predicted molar refractivity (Wildman–Crippen MR) is 71.7 cm³/mol. The second-order valence-corrected chi connectivity index (χ2v) is 5.98. The zero-order valence-electron chi connectivity index (χ0n) is 10.2. The van der Waals surface area contributed by atoms with Crippen LogP contribution in [0.25, 0.3) is 0 Å². The van der Waals surface area contributed by atoms with Gasteiger partial charge >= 0.3 is 0 Å². The zero-order valence-corrected chi connectivity index (χ0v) is 11.0. The molecule has 0 aliphatic rings. The van der Waals surface area contributed by atoms with Gasteiger partial charge in [-0.1, -0.05) is 6.07 Å². The Kier molecular flexibility index (Phi) is 3.62. The van der Waals surface area contributed by atoms with Crippen molar-refractivity contribution in [1.29, 1.82) is 0 Å². The maximum absolute atomic E-state index is 11.9. The number of nitrogens with zero attached hydrogens (tertiary/aromatic N) is 1. The van der Waals surface area contributed by atoms with E-state index >= 15 is 0 Å². The van der Waals surface area contributed by atoms with Crippen LogP contribution in [0.5, 0.6) is 0 Å². The summed E-state index contributed by atoms with van der Waals surface area (Å²) in [5, 5.41) is 2.62. The fourth-order valence-corrected chi connectivity index (χ4v) is 2.11. The molecule has 0 unspecified atom stereocenters.